The maximum Gasteiger partial charge on any atom is 0.248 e. The van der Waals surface area contributed by atoms with E-state index in [0.717, 1.165) is 36.8 Å². The summed E-state index contributed by atoms with van der Waals surface area (Å²) in [6.45, 7) is 1.69. The molecule has 0 radical (unpaired) electrons. The molecule has 0 spiro atoms. The SMILES string of the molecule is c1ccc2c(c1)CNc1nc(Nc3ccc(CCn4ccnc4)cc3)nn1-2. The summed E-state index contributed by atoms with van der Waals surface area (Å²) in [4.78, 5) is 8.63. The standard InChI is InChI=1S/C20H19N7/c1-2-4-18-16(3-1)13-22-20-24-19(25-27(18)20)23-17-7-5-15(6-8-17)9-11-26-12-10-21-14-26/h1-8,10,12,14H,9,11,13H2,(H2,22,23,24,25). The highest BCUT2D eigenvalue weighted by Crippen LogP contribution is 2.26. The molecule has 3 heterocycles. The number of rotatable bonds is 5. The van der Waals surface area contributed by atoms with Gasteiger partial charge in [-0.15, -0.1) is 5.10 Å². The Labute approximate surface area is 156 Å². The van der Waals surface area contributed by atoms with Crippen LogP contribution < -0.4 is 10.6 Å². The number of fused-ring (bicyclic) bond motifs is 3. The second-order valence-corrected chi connectivity index (χ2v) is 6.53. The van der Waals surface area contributed by atoms with E-state index in [1.165, 1.54) is 11.1 Å². The van der Waals surface area contributed by atoms with Crippen molar-refractivity contribution in [3.63, 3.8) is 0 Å². The van der Waals surface area contributed by atoms with Crippen molar-refractivity contribution >= 4 is 17.6 Å². The molecule has 0 fully saturated rings. The normalized spacial score (nSPS) is 12.1. The molecule has 0 saturated heterocycles. The van der Waals surface area contributed by atoms with Gasteiger partial charge in [0.2, 0.25) is 11.9 Å². The number of nitrogens with zero attached hydrogens (tertiary/aromatic N) is 5. The Morgan fingerprint density at radius 2 is 1.96 bits per heavy atom. The largest absolute Gasteiger partial charge is 0.350 e. The van der Waals surface area contributed by atoms with E-state index in [2.05, 4.69) is 66.7 Å². The lowest BCUT2D eigenvalue weighted by Gasteiger charge is -2.17. The highest BCUT2D eigenvalue weighted by atomic mass is 15.4. The molecule has 0 unspecified atom stereocenters. The molecule has 0 saturated carbocycles. The number of para-hydroxylation sites is 1. The van der Waals surface area contributed by atoms with Gasteiger partial charge in [0.15, 0.2) is 0 Å². The predicted octanol–water partition coefficient (Wildman–Crippen LogP) is 3.38. The van der Waals surface area contributed by atoms with Crippen molar-refractivity contribution in [1.82, 2.24) is 24.3 Å². The fourth-order valence-electron chi connectivity index (χ4n) is 3.25. The van der Waals surface area contributed by atoms with Gasteiger partial charge >= 0.3 is 0 Å². The summed E-state index contributed by atoms with van der Waals surface area (Å²) in [6, 6.07) is 16.6. The maximum atomic E-state index is 4.60. The summed E-state index contributed by atoms with van der Waals surface area (Å²) >= 11 is 0. The zero-order chi connectivity index (χ0) is 18.1. The van der Waals surface area contributed by atoms with Crippen LogP contribution in [0.2, 0.25) is 0 Å². The van der Waals surface area contributed by atoms with Crippen LogP contribution in [0.15, 0.2) is 67.3 Å². The molecule has 0 atom stereocenters. The number of imidazole rings is 1. The van der Waals surface area contributed by atoms with E-state index >= 15 is 0 Å². The van der Waals surface area contributed by atoms with E-state index < -0.39 is 0 Å². The minimum Gasteiger partial charge on any atom is -0.350 e. The molecule has 2 aromatic carbocycles. The van der Waals surface area contributed by atoms with Crippen LogP contribution in [0.25, 0.3) is 5.69 Å². The monoisotopic (exact) mass is 357 g/mol. The Morgan fingerprint density at radius 1 is 1.07 bits per heavy atom. The number of aryl methyl sites for hydroxylation is 2. The number of hydrogen-bond acceptors (Lipinski definition) is 5. The van der Waals surface area contributed by atoms with Crippen LogP contribution in [-0.4, -0.2) is 24.3 Å². The molecule has 2 N–H and O–H groups in total. The number of aromatic nitrogens is 5. The lowest BCUT2D eigenvalue weighted by Crippen LogP contribution is -2.15. The molecule has 1 aliphatic heterocycles. The van der Waals surface area contributed by atoms with Crippen molar-refractivity contribution < 1.29 is 0 Å². The van der Waals surface area contributed by atoms with Crippen molar-refractivity contribution in [3.05, 3.63) is 78.4 Å². The van der Waals surface area contributed by atoms with Crippen molar-refractivity contribution in [2.24, 2.45) is 0 Å². The van der Waals surface area contributed by atoms with Gasteiger partial charge in [-0.1, -0.05) is 30.3 Å². The lowest BCUT2D eigenvalue weighted by atomic mass is 10.1. The Bertz CT molecular complexity index is 1050. The summed E-state index contributed by atoms with van der Waals surface area (Å²) in [6.07, 6.45) is 6.59. The van der Waals surface area contributed by atoms with Gasteiger partial charge in [-0.05, 0) is 35.7 Å². The van der Waals surface area contributed by atoms with E-state index in [9.17, 15) is 0 Å². The first-order valence-electron chi connectivity index (χ1n) is 8.96. The predicted molar refractivity (Wildman–Crippen MR) is 104 cm³/mol. The van der Waals surface area contributed by atoms with Crippen molar-refractivity contribution in [1.29, 1.82) is 0 Å². The van der Waals surface area contributed by atoms with Gasteiger partial charge in [-0.25, -0.2) is 4.98 Å². The number of hydrogen-bond donors (Lipinski definition) is 2. The van der Waals surface area contributed by atoms with E-state index in [1.807, 2.05) is 29.3 Å². The van der Waals surface area contributed by atoms with Crippen LogP contribution in [-0.2, 0) is 19.5 Å². The molecule has 0 bridgehead atoms. The molecule has 7 heteroatoms. The van der Waals surface area contributed by atoms with Crippen LogP contribution in [0.3, 0.4) is 0 Å². The minimum absolute atomic E-state index is 0.584. The summed E-state index contributed by atoms with van der Waals surface area (Å²) < 4.78 is 3.93. The van der Waals surface area contributed by atoms with Gasteiger partial charge < -0.3 is 15.2 Å². The van der Waals surface area contributed by atoms with Crippen molar-refractivity contribution in [2.45, 2.75) is 19.5 Å². The highest BCUT2D eigenvalue weighted by molar-refractivity contribution is 5.58. The molecule has 5 rings (SSSR count). The third kappa shape index (κ3) is 3.15. The van der Waals surface area contributed by atoms with Gasteiger partial charge in [0.1, 0.15) is 0 Å². The van der Waals surface area contributed by atoms with Crippen LogP contribution in [0.1, 0.15) is 11.1 Å². The third-order valence-corrected chi connectivity index (χ3v) is 4.69. The Balaban J connectivity index is 1.29. The highest BCUT2D eigenvalue weighted by Gasteiger charge is 2.18. The summed E-state index contributed by atoms with van der Waals surface area (Å²) in [7, 11) is 0. The van der Waals surface area contributed by atoms with Gasteiger partial charge in [-0.2, -0.15) is 9.67 Å². The molecule has 0 amide bonds. The molecule has 7 nitrogen and oxygen atoms in total. The van der Waals surface area contributed by atoms with Crippen LogP contribution in [0.4, 0.5) is 17.6 Å². The van der Waals surface area contributed by atoms with Gasteiger partial charge in [0.25, 0.3) is 0 Å². The minimum atomic E-state index is 0.584. The number of nitrogens with one attached hydrogen (secondary N) is 2. The first-order valence-corrected chi connectivity index (χ1v) is 8.96. The average Bonchev–Trinajstić information content (AvgIpc) is 3.37. The van der Waals surface area contributed by atoms with Gasteiger partial charge in [0, 0.05) is 31.2 Å². The molecular weight excluding hydrogens is 338 g/mol. The molecule has 134 valence electrons. The zero-order valence-corrected chi connectivity index (χ0v) is 14.7. The molecule has 1 aliphatic rings. The topological polar surface area (TPSA) is 72.6 Å². The van der Waals surface area contributed by atoms with Crippen LogP contribution >= 0.6 is 0 Å². The number of anilines is 3. The second-order valence-electron chi connectivity index (χ2n) is 6.53. The van der Waals surface area contributed by atoms with Crippen molar-refractivity contribution in [3.8, 4) is 5.69 Å². The van der Waals surface area contributed by atoms with E-state index in [0.29, 0.717) is 5.95 Å². The number of benzene rings is 2. The smallest absolute Gasteiger partial charge is 0.248 e. The summed E-state index contributed by atoms with van der Waals surface area (Å²) in [5.74, 6) is 1.34. The fourth-order valence-corrected chi connectivity index (χ4v) is 3.25. The molecular formula is C20H19N7. The van der Waals surface area contributed by atoms with Crippen molar-refractivity contribution in [2.75, 3.05) is 10.6 Å². The lowest BCUT2D eigenvalue weighted by molar-refractivity contribution is 0.696. The Kier molecular flexibility index (Phi) is 3.82. The molecule has 4 aromatic rings. The second kappa shape index (κ2) is 6.60. The summed E-state index contributed by atoms with van der Waals surface area (Å²) in [5.41, 5.74) is 4.53. The van der Waals surface area contributed by atoms with Gasteiger partial charge in [-0.3, -0.25) is 0 Å². The van der Waals surface area contributed by atoms with Crippen LogP contribution in [0, 0.1) is 0 Å². The molecule has 27 heavy (non-hydrogen) atoms. The molecule has 0 aliphatic carbocycles. The fraction of sp³-hybridized carbons (Fsp3) is 0.150. The van der Waals surface area contributed by atoms with E-state index in [-0.39, 0.29) is 0 Å². The van der Waals surface area contributed by atoms with E-state index in [4.69, 9.17) is 0 Å². The summed E-state index contributed by atoms with van der Waals surface area (Å²) in [5, 5.41) is 11.2. The first kappa shape index (κ1) is 15.6. The molecule has 2 aromatic heterocycles. The van der Waals surface area contributed by atoms with Crippen LogP contribution in [0.5, 0.6) is 0 Å². The zero-order valence-electron chi connectivity index (χ0n) is 14.7. The quantitative estimate of drug-likeness (QED) is 0.573. The Morgan fingerprint density at radius 3 is 2.81 bits per heavy atom. The van der Waals surface area contributed by atoms with E-state index in [1.54, 1.807) is 6.20 Å². The maximum absolute atomic E-state index is 4.60. The third-order valence-electron chi connectivity index (χ3n) is 4.69. The first-order chi connectivity index (χ1) is 13.3. The average molecular weight is 357 g/mol. The van der Waals surface area contributed by atoms with Gasteiger partial charge in [0.05, 0.1) is 12.0 Å². The Hall–Kier alpha value is -3.61.